The topological polar surface area (TPSA) is 72.5 Å². The van der Waals surface area contributed by atoms with Gasteiger partial charge in [-0.15, -0.1) is 0 Å². The van der Waals surface area contributed by atoms with Crippen LogP contribution < -0.4 is 4.72 Å². The van der Waals surface area contributed by atoms with Crippen LogP contribution in [0.25, 0.3) is 0 Å². The van der Waals surface area contributed by atoms with Crippen LogP contribution in [0.4, 0.5) is 0 Å². The smallest absolute Gasteiger partial charge is 0.323 e. The number of sulfonamides is 1. The zero-order chi connectivity index (χ0) is 11.6. The second-order valence-electron chi connectivity index (χ2n) is 3.98. The van der Waals surface area contributed by atoms with Crippen molar-refractivity contribution in [2.24, 2.45) is 0 Å². The van der Waals surface area contributed by atoms with Gasteiger partial charge in [0.1, 0.15) is 6.04 Å². The summed E-state index contributed by atoms with van der Waals surface area (Å²) in [6.07, 6.45) is 0. The van der Waals surface area contributed by atoms with Gasteiger partial charge in [-0.05, 0) is 27.7 Å². The summed E-state index contributed by atoms with van der Waals surface area (Å²) in [4.78, 5) is 11.0. The molecule has 0 heterocycles. The van der Waals surface area contributed by atoms with E-state index in [1.54, 1.807) is 20.8 Å². The molecule has 0 saturated carbocycles. The van der Waals surface area contributed by atoms with Crippen molar-refractivity contribution in [3.63, 3.8) is 0 Å². The molecule has 5 nitrogen and oxygen atoms in total. The van der Waals surface area contributed by atoms with E-state index < -0.39 is 26.8 Å². The van der Waals surface area contributed by atoms with Crippen LogP contribution in [-0.2, 0) is 19.6 Å². The van der Waals surface area contributed by atoms with E-state index in [0.29, 0.717) is 0 Å². The van der Waals surface area contributed by atoms with Crippen LogP contribution in [0.2, 0.25) is 0 Å². The van der Waals surface area contributed by atoms with Crippen LogP contribution in [0, 0.1) is 0 Å². The Balaban J connectivity index is 4.63. The Morgan fingerprint density at radius 3 is 2.07 bits per heavy atom. The van der Waals surface area contributed by atoms with Gasteiger partial charge < -0.3 is 4.74 Å². The molecule has 0 aromatic rings. The number of hydrogen-bond acceptors (Lipinski definition) is 4. The molecule has 0 aliphatic carbocycles. The van der Waals surface area contributed by atoms with Crippen molar-refractivity contribution in [3.05, 3.63) is 0 Å². The summed E-state index contributed by atoms with van der Waals surface area (Å²) in [5, 5.41) is 0. The lowest BCUT2D eigenvalue weighted by atomic mass is 10.3. The summed E-state index contributed by atoms with van der Waals surface area (Å²) < 4.78 is 28.8. The third kappa shape index (κ3) is 3.26. The molecule has 1 unspecified atom stereocenters. The number of methoxy groups -OCH3 is 1. The van der Waals surface area contributed by atoms with Gasteiger partial charge in [-0.1, -0.05) is 0 Å². The van der Waals surface area contributed by atoms with Gasteiger partial charge in [0, 0.05) is 0 Å². The van der Waals surface area contributed by atoms with Crippen LogP contribution in [0.15, 0.2) is 0 Å². The van der Waals surface area contributed by atoms with E-state index in [4.69, 9.17) is 0 Å². The highest BCUT2D eigenvalue weighted by Crippen LogP contribution is 2.13. The Labute approximate surface area is 84.9 Å². The minimum Gasteiger partial charge on any atom is -0.468 e. The molecule has 0 saturated heterocycles. The normalized spacial score (nSPS) is 14.9. The molecule has 1 N–H and O–H groups in total. The molecule has 1 atom stereocenters. The van der Waals surface area contributed by atoms with Crippen molar-refractivity contribution >= 4 is 16.0 Å². The van der Waals surface area contributed by atoms with Crippen molar-refractivity contribution in [1.29, 1.82) is 0 Å². The van der Waals surface area contributed by atoms with Gasteiger partial charge in [0.15, 0.2) is 0 Å². The fraction of sp³-hybridized carbons (Fsp3) is 0.875. The summed E-state index contributed by atoms with van der Waals surface area (Å²) in [6, 6.07) is -0.857. The highest BCUT2D eigenvalue weighted by Gasteiger charge is 2.32. The number of hydrogen-bond donors (Lipinski definition) is 1. The van der Waals surface area contributed by atoms with Crippen LogP contribution in [0.5, 0.6) is 0 Å². The molecule has 0 aromatic heterocycles. The molecule has 0 amide bonds. The van der Waals surface area contributed by atoms with E-state index in [2.05, 4.69) is 9.46 Å². The number of nitrogens with one attached hydrogen (secondary N) is 1. The molecule has 0 radical (unpaired) electrons. The summed E-state index contributed by atoms with van der Waals surface area (Å²) >= 11 is 0. The van der Waals surface area contributed by atoms with Gasteiger partial charge in [0.25, 0.3) is 0 Å². The molecular weight excluding hydrogens is 206 g/mol. The molecule has 0 aliphatic rings. The van der Waals surface area contributed by atoms with Crippen LogP contribution >= 0.6 is 0 Å². The number of esters is 1. The van der Waals surface area contributed by atoms with Gasteiger partial charge in [0.2, 0.25) is 10.0 Å². The fourth-order valence-corrected chi connectivity index (χ4v) is 1.55. The average molecular weight is 223 g/mol. The summed E-state index contributed by atoms with van der Waals surface area (Å²) in [5.41, 5.74) is 0. The van der Waals surface area contributed by atoms with E-state index in [1.807, 2.05) is 0 Å². The summed E-state index contributed by atoms with van der Waals surface area (Å²) in [5.74, 6) is -0.599. The van der Waals surface area contributed by atoms with E-state index in [9.17, 15) is 13.2 Å². The first kappa shape index (κ1) is 13.4. The summed E-state index contributed by atoms with van der Waals surface area (Å²) in [7, 11) is -2.29. The minimum absolute atomic E-state index is 0.599. The Bertz CT molecular complexity index is 302. The predicted molar refractivity (Wildman–Crippen MR) is 53.3 cm³/mol. The maximum absolute atomic E-state index is 11.6. The first-order valence-electron chi connectivity index (χ1n) is 4.21. The van der Waals surface area contributed by atoms with E-state index in [0.717, 1.165) is 0 Å². The summed E-state index contributed by atoms with van der Waals surface area (Å²) in [6.45, 7) is 6.10. The fourth-order valence-electron chi connectivity index (χ4n) is 0.634. The maximum atomic E-state index is 11.6. The number of carbonyl (C=O) groups excluding carboxylic acids is 1. The monoisotopic (exact) mass is 223 g/mol. The molecule has 0 fully saturated rings. The first-order valence-corrected chi connectivity index (χ1v) is 5.70. The number of ether oxygens (including phenoxy) is 1. The highest BCUT2D eigenvalue weighted by molar-refractivity contribution is 7.90. The molecule has 0 rings (SSSR count). The van der Waals surface area contributed by atoms with Gasteiger partial charge in [-0.2, -0.15) is 0 Å². The van der Waals surface area contributed by atoms with Gasteiger partial charge in [0.05, 0.1) is 11.9 Å². The zero-order valence-electron chi connectivity index (χ0n) is 9.12. The lowest BCUT2D eigenvalue weighted by Gasteiger charge is -2.21. The molecule has 84 valence electrons. The zero-order valence-corrected chi connectivity index (χ0v) is 9.94. The quantitative estimate of drug-likeness (QED) is 0.697. The van der Waals surface area contributed by atoms with Gasteiger partial charge in [-0.3, -0.25) is 4.79 Å². The Morgan fingerprint density at radius 2 is 1.79 bits per heavy atom. The van der Waals surface area contributed by atoms with Gasteiger partial charge >= 0.3 is 5.97 Å². The van der Waals surface area contributed by atoms with Crippen LogP contribution in [-0.4, -0.2) is 32.3 Å². The van der Waals surface area contributed by atoms with E-state index in [-0.39, 0.29) is 0 Å². The second-order valence-corrected chi connectivity index (χ2v) is 6.45. The molecule has 0 bridgehead atoms. The molecule has 0 spiro atoms. The molecular formula is C8H17NO4S. The molecule has 0 aliphatic heterocycles. The van der Waals surface area contributed by atoms with E-state index in [1.165, 1.54) is 14.0 Å². The van der Waals surface area contributed by atoms with Crippen molar-refractivity contribution in [3.8, 4) is 0 Å². The third-order valence-electron chi connectivity index (χ3n) is 1.69. The van der Waals surface area contributed by atoms with E-state index >= 15 is 0 Å². The standard InChI is InChI=1S/C8H17NO4S/c1-6(7(10)13-5)9-14(11,12)8(2,3)4/h6,9H,1-5H3. The number of rotatable bonds is 3. The number of carbonyl (C=O) groups is 1. The van der Waals surface area contributed by atoms with Crippen molar-refractivity contribution < 1.29 is 17.9 Å². The Kier molecular flexibility index (Phi) is 4.08. The minimum atomic E-state index is -3.50. The highest BCUT2D eigenvalue weighted by atomic mass is 32.2. The Morgan fingerprint density at radius 1 is 1.36 bits per heavy atom. The second kappa shape index (κ2) is 4.27. The SMILES string of the molecule is COC(=O)C(C)NS(=O)(=O)C(C)(C)C. The van der Waals surface area contributed by atoms with Crippen molar-refractivity contribution in [2.45, 2.75) is 38.5 Å². The van der Waals surface area contributed by atoms with Crippen LogP contribution in [0.1, 0.15) is 27.7 Å². The average Bonchev–Trinajstić information content (AvgIpc) is 2.00. The van der Waals surface area contributed by atoms with Crippen molar-refractivity contribution in [1.82, 2.24) is 4.72 Å². The van der Waals surface area contributed by atoms with Crippen molar-refractivity contribution in [2.75, 3.05) is 7.11 Å². The lowest BCUT2D eigenvalue weighted by molar-refractivity contribution is -0.142. The maximum Gasteiger partial charge on any atom is 0.323 e. The predicted octanol–water partition coefficient (Wildman–Crippen LogP) is 0.266. The third-order valence-corrected chi connectivity index (χ3v) is 3.97. The van der Waals surface area contributed by atoms with Gasteiger partial charge in [-0.25, -0.2) is 13.1 Å². The molecule has 6 heteroatoms. The van der Waals surface area contributed by atoms with Crippen LogP contribution in [0.3, 0.4) is 0 Å². The largest absolute Gasteiger partial charge is 0.468 e. The Hall–Kier alpha value is -0.620. The first-order chi connectivity index (χ1) is 6.12. The molecule has 14 heavy (non-hydrogen) atoms. The molecule has 0 aromatic carbocycles. The lowest BCUT2D eigenvalue weighted by Crippen LogP contribution is -2.46.